The van der Waals surface area contributed by atoms with Gasteiger partial charge in [0, 0.05) is 13.1 Å². The van der Waals surface area contributed by atoms with Gasteiger partial charge in [-0.3, -0.25) is 9.59 Å². The van der Waals surface area contributed by atoms with Gasteiger partial charge >= 0.3 is 0 Å². The third-order valence-corrected chi connectivity index (χ3v) is 5.57. The van der Waals surface area contributed by atoms with E-state index in [0.717, 1.165) is 30.8 Å². The van der Waals surface area contributed by atoms with E-state index >= 15 is 0 Å². The SMILES string of the molecule is COc1cccc(COC(C)C(=O)Nc2ccccc2C(=O)N2CC(C)CC(C)C2)c1. The molecule has 0 bridgehead atoms. The van der Waals surface area contributed by atoms with Crippen molar-refractivity contribution in [3.05, 3.63) is 59.7 Å². The molecule has 2 amide bonds. The van der Waals surface area contributed by atoms with E-state index in [0.29, 0.717) is 23.1 Å². The van der Waals surface area contributed by atoms with Crippen molar-refractivity contribution < 1.29 is 19.1 Å². The number of para-hydroxylation sites is 1. The maximum atomic E-state index is 13.2. The zero-order valence-corrected chi connectivity index (χ0v) is 18.8. The Morgan fingerprint density at radius 3 is 2.52 bits per heavy atom. The standard InChI is InChI=1S/C25H32N2O4/c1-17-12-18(2)15-27(14-17)25(29)22-10-5-6-11-23(22)26-24(28)19(3)31-16-20-8-7-9-21(13-20)30-4/h5-11,13,17-19H,12,14-16H2,1-4H3,(H,26,28). The lowest BCUT2D eigenvalue weighted by Gasteiger charge is -2.35. The predicted octanol–water partition coefficient (Wildman–Crippen LogP) is 4.36. The first-order valence-corrected chi connectivity index (χ1v) is 10.8. The largest absolute Gasteiger partial charge is 0.497 e. The van der Waals surface area contributed by atoms with Gasteiger partial charge in [-0.1, -0.05) is 38.1 Å². The van der Waals surface area contributed by atoms with Gasteiger partial charge in [0.15, 0.2) is 0 Å². The first-order valence-electron chi connectivity index (χ1n) is 10.8. The molecule has 3 rings (SSSR count). The molecule has 166 valence electrons. The molecule has 0 radical (unpaired) electrons. The zero-order valence-electron chi connectivity index (χ0n) is 18.8. The van der Waals surface area contributed by atoms with Gasteiger partial charge in [0.05, 0.1) is 25.0 Å². The number of amides is 2. The Hall–Kier alpha value is -2.86. The third kappa shape index (κ3) is 6.07. The van der Waals surface area contributed by atoms with E-state index in [1.54, 1.807) is 26.2 Å². The highest BCUT2D eigenvalue weighted by molar-refractivity contribution is 6.04. The van der Waals surface area contributed by atoms with Crippen LogP contribution in [0, 0.1) is 11.8 Å². The number of piperidine rings is 1. The van der Waals surface area contributed by atoms with E-state index in [-0.39, 0.29) is 18.4 Å². The summed E-state index contributed by atoms with van der Waals surface area (Å²) in [7, 11) is 1.61. The van der Waals surface area contributed by atoms with Crippen LogP contribution < -0.4 is 10.1 Å². The average Bonchev–Trinajstić information content (AvgIpc) is 2.76. The first kappa shape index (κ1) is 22.8. The Bertz CT molecular complexity index is 904. The molecule has 0 spiro atoms. The number of carbonyl (C=O) groups excluding carboxylic acids is 2. The van der Waals surface area contributed by atoms with Crippen LogP contribution in [-0.4, -0.2) is 43.0 Å². The molecule has 1 heterocycles. The highest BCUT2D eigenvalue weighted by atomic mass is 16.5. The van der Waals surface area contributed by atoms with E-state index in [2.05, 4.69) is 19.2 Å². The van der Waals surface area contributed by atoms with Gasteiger partial charge in [-0.15, -0.1) is 0 Å². The summed E-state index contributed by atoms with van der Waals surface area (Å²) >= 11 is 0. The van der Waals surface area contributed by atoms with Gasteiger partial charge in [0.1, 0.15) is 11.9 Å². The fraction of sp³-hybridized carbons (Fsp3) is 0.440. The maximum Gasteiger partial charge on any atom is 0.255 e. The minimum absolute atomic E-state index is 0.0424. The Kier molecular flexibility index (Phi) is 7.69. The van der Waals surface area contributed by atoms with E-state index < -0.39 is 6.10 Å². The maximum absolute atomic E-state index is 13.2. The molecule has 2 aromatic rings. The second-order valence-electron chi connectivity index (χ2n) is 8.50. The number of benzene rings is 2. The summed E-state index contributed by atoms with van der Waals surface area (Å²) in [6.07, 6.45) is 0.453. The molecule has 3 unspecified atom stereocenters. The normalized spacial score (nSPS) is 19.5. The summed E-state index contributed by atoms with van der Waals surface area (Å²) < 4.78 is 11.0. The second-order valence-corrected chi connectivity index (χ2v) is 8.50. The molecule has 1 fully saturated rings. The molecule has 0 saturated carbocycles. The summed E-state index contributed by atoms with van der Waals surface area (Å²) in [5, 5.41) is 2.88. The Labute approximate surface area is 184 Å². The fourth-order valence-corrected chi connectivity index (χ4v) is 4.07. The Balaban J connectivity index is 1.64. The third-order valence-electron chi connectivity index (χ3n) is 5.57. The van der Waals surface area contributed by atoms with Crippen molar-refractivity contribution in [1.82, 2.24) is 4.90 Å². The zero-order chi connectivity index (χ0) is 22.4. The second kappa shape index (κ2) is 10.4. The van der Waals surface area contributed by atoms with Crippen molar-refractivity contribution in [3.63, 3.8) is 0 Å². The number of nitrogens with one attached hydrogen (secondary N) is 1. The predicted molar refractivity (Wildman–Crippen MR) is 121 cm³/mol. The lowest BCUT2D eigenvalue weighted by Crippen LogP contribution is -2.43. The quantitative estimate of drug-likeness (QED) is 0.717. The Morgan fingerprint density at radius 1 is 1.10 bits per heavy atom. The van der Waals surface area contributed by atoms with Crippen LogP contribution in [0.2, 0.25) is 0 Å². The van der Waals surface area contributed by atoms with Crippen LogP contribution >= 0.6 is 0 Å². The van der Waals surface area contributed by atoms with Gasteiger partial charge in [0.2, 0.25) is 0 Å². The first-order chi connectivity index (χ1) is 14.9. The lowest BCUT2D eigenvalue weighted by molar-refractivity contribution is -0.127. The lowest BCUT2D eigenvalue weighted by atomic mass is 9.91. The van der Waals surface area contributed by atoms with Gasteiger partial charge in [-0.05, 0) is 55.0 Å². The summed E-state index contributed by atoms with van der Waals surface area (Å²) in [4.78, 5) is 27.8. The number of hydrogen-bond donors (Lipinski definition) is 1. The molecule has 1 aliphatic heterocycles. The molecule has 31 heavy (non-hydrogen) atoms. The number of anilines is 1. The number of likely N-dealkylation sites (tertiary alicyclic amines) is 1. The molecule has 1 N–H and O–H groups in total. The summed E-state index contributed by atoms with van der Waals surface area (Å²) in [6.45, 7) is 7.82. The van der Waals surface area contributed by atoms with Crippen LogP contribution in [0.5, 0.6) is 5.75 Å². The summed E-state index contributed by atoms with van der Waals surface area (Å²) in [5.74, 6) is 1.36. The van der Waals surface area contributed by atoms with Crippen molar-refractivity contribution in [3.8, 4) is 5.75 Å². The molecule has 1 aliphatic rings. The molecule has 0 aliphatic carbocycles. The highest BCUT2D eigenvalue weighted by Gasteiger charge is 2.28. The molecule has 2 aromatic carbocycles. The van der Waals surface area contributed by atoms with Crippen molar-refractivity contribution in [2.24, 2.45) is 11.8 Å². The molecule has 0 aromatic heterocycles. The van der Waals surface area contributed by atoms with Gasteiger partial charge in [-0.25, -0.2) is 0 Å². The minimum atomic E-state index is -0.676. The smallest absolute Gasteiger partial charge is 0.255 e. The highest BCUT2D eigenvalue weighted by Crippen LogP contribution is 2.25. The summed E-state index contributed by atoms with van der Waals surface area (Å²) in [5.41, 5.74) is 1.94. The molecular formula is C25H32N2O4. The van der Waals surface area contributed by atoms with Gasteiger partial charge < -0.3 is 19.7 Å². The van der Waals surface area contributed by atoms with Crippen LogP contribution in [0.25, 0.3) is 0 Å². The van der Waals surface area contributed by atoms with Crippen LogP contribution in [0.1, 0.15) is 43.1 Å². The Morgan fingerprint density at radius 2 is 1.81 bits per heavy atom. The number of methoxy groups -OCH3 is 1. The fourth-order valence-electron chi connectivity index (χ4n) is 4.07. The van der Waals surface area contributed by atoms with Crippen molar-refractivity contribution in [1.29, 1.82) is 0 Å². The number of rotatable bonds is 7. The topological polar surface area (TPSA) is 67.9 Å². The molecule has 3 atom stereocenters. The summed E-state index contributed by atoms with van der Waals surface area (Å²) in [6, 6.07) is 14.7. The monoisotopic (exact) mass is 424 g/mol. The van der Waals surface area contributed by atoms with Crippen molar-refractivity contribution in [2.75, 3.05) is 25.5 Å². The van der Waals surface area contributed by atoms with E-state index in [1.165, 1.54) is 0 Å². The van der Waals surface area contributed by atoms with Crippen LogP contribution in [0.15, 0.2) is 48.5 Å². The molecule has 6 nitrogen and oxygen atoms in total. The van der Waals surface area contributed by atoms with Crippen molar-refractivity contribution in [2.45, 2.75) is 39.9 Å². The van der Waals surface area contributed by atoms with Gasteiger partial charge in [0.25, 0.3) is 11.8 Å². The van der Waals surface area contributed by atoms with Gasteiger partial charge in [-0.2, -0.15) is 0 Å². The number of nitrogens with zero attached hydrogens (tertiary/aromatic N) is 1. The van der Waals surface area contributed by atoms with Crippen LogP contribution in [0.3, 0.4) is 0 Å². The molecule has 6 heteroatoms. The number of ether oxygens (including phenoxy) is 2. The van der Waals surface area contributed by atoms with Crippen LogP contribution in [-0.2, 0) is 16.1 Å². The van der Waals surface area contributed by atoms with Crippen LogP contribution in [0.4, 0.5) is 5.69 Å². The van der Waals surface area contributed by atoms with E-state index in [1.807, 2.05) is 41.3 Å². The number of hydrogen-bond acceptors (Lipinski definition) is 4. The van der Waals surface area contributed by atoms with Crippen molar-refractivity contribution >= 4 is 17.5 Å². The molecular weight excluding hydrogens is 392 g/mol. The number of carbonyl (C=O) groups is 2. The minimum Gasteiger partial charge on any atom is -0.497 e. The molecule has 1 saturated heterocycles. The van der Waals surface area contributed by atoms with E-state index in [4.69, 9.17) is 9.47 Å². The van der Waals surface area contributed by atoms with E-state index in [9.17, 15) is 9.59 Å². The average molecular weight is 425 g/mol.